The van der Waals surface area contributed by atoms with E-state index in [1.807, 2.05) is 11.8 Å². The number of rotatable bonds is 8. The molecule has 0 saturated heterocycles. The average Bonchev–Trinajstić information content (AvgIpc) is 2.96. The topological polar surface area (TPSA) is 32.3 Å². The number of aliphatic hydroxyl groups excluding tert-OH is 1. The molecule has 1 atom stereocenters. The maximum Gasteiger partial charge on any atom is 0.0610 e. The quantitative estimate of drug-likeness (QED) is 0.610. The summed E-state index contributed by atoms with van der Waals surface area (Å²) in [5.74, 6) is 2.42. The van der Waals surface area contributed by atoms with Crippen molar-refractivity contribution < 1.29 is 5.11 Å². The van der Waals surface area contributed by atoms with E-state index < -0.39 is 0 Å². The van der Waals surface area contributed by atoms with E-state index in [1.54, 1.807) is 0 Å². The zero-order chi connectivity index (χ0) is 10.4. The lowest BCUT2D eigenvalue weighted by molar-refractivity contribution is 0.163. The molecular formula is C11H23NOS. The van der Waals surface area contributed by atoms with Gasteiger partial charge in [-0.25, -0.2) is 0 Å². The van der Waals surface area contributed by atoms with Crippen LogP contribution in [0.15, 0.2) is 0 Å². The van der Waals surface area contributed by atoms with Gasteiger partial charge in [0.25, 0.3) is 0 Å². The number of hydrogen-bond donors (Lipinski definition) is 2. The van der Waals surface area contributed by atoms with Gasteiger partial charge in [0, 0.05) is 11.6 Å². The van der Waals surface area contributed by atoms with Crippen LogP contribution in [0.25, 0.3) is 0 Å². The van der Waals surface area contributed by atoms with E-state index in [0.29, 0.717) is 6.04 Å². The average molecular weight is 217 g/mol. The molecule has 0 aliphatic heterocycles. The summed E-state index contributed by atoms with van der Waals surface area (Å²) in [6.07, 6.45) is 4.88. The van der Waals surface area contributed by atoms with Crippen LogP contribution >= 0.6 is 11.8 Å². The van der Waals surface area contributed by atoms with Crippen molar-refractivity contribution in [2.75, 3.05) is 18.1 Å². The molecule has 1 rings (SSSR count). The predicted molar refractivity (Wildman–Crippen MR) is 63.9 cm³/mol. The molecule has 0 amide bonds. The molecule has 14 heavy (non-hydrogen) atoms. The molecule has 0 radical (unpaired) electrons. The van der Waals surface area contributed by atoms with Gasteiger partial charge in [-0.05, 0) is 44.1 Å². The molecule has 1 aliphatic rings. The third-order valence-corrected chi connectivity index (χ3v) is 3.69. The lowest BCUT2D eigenvalue weighted by Gasteiger charge is -2.29. The first-order chi connectivity index (χ1) is 6.70. The van der Waals surface area contributed by atoms with Gasteiger partial charge in [-0.15, -0.1) is 0 Å². The molecule has 0 aromatic carbocycles. The van der Waals surface area contributed by atoms with E-state index in [0.717, 1.165) is 6.42 Å². The van der Waals surface area contributed by atoms with Crippen LogP contribution in [0.5, 0.6) is 0 Å². The minimum absolute atomic E-state index is 0.0323. The molecule has 0 aromatic heterocycles. The van der Waals surface area contributed by atoms with Crippen molar-refractivity contribution >= 4 is 11.8 Å². The molecule has 84 valence electrons. The summed E-state index contributed by atoms with van der Waals surface area (Å²) < 4.78 is 0. The van der Waals surface area contributed by atoms with Gasteiger partial charge in [0.2, 0.25) is 0 Å². The maximum absolute atomic E-state index is 9.35. The molecule has 0 spiro atoms. The summed E-state index contributed by atoms with van der Waals surface area (Å²) in [6, 6.07) is 0.686. The summed E-state index contributed by atoms with van der Waals surface area (Å²) in [4.78, 5) is 0. The second-order valence-electron chi connectivity index (χ2n) is 4.44. The second kappa shape index (κ2) is 5.99. The van der Waals surface area contributed by atoms with E-state index in [1.165, 1.54) is 30.8 Å². The monoisotopic (exact) mass is 217 g/mol. The molecule has 0 bridgehead atoms. The van der Waals surface area contributed by atoms with Crippen molar-refractivity contribution in [3.05, 3.63) is 0 Å². The van der Waals surface area contributed by atoms with Crippen LogP contribution in [0.4, 0.5) is 0 Å². The molecule has 0 heterocycles. The minimum atomic E-state index is -0.0323. The maximum atomic E-state index is 9.35. The molecule has 1 unspecified atom stereocenters. The summed E-state index contributed by atoms with van der Waals surface area (Å²) in [5, 5.41) is 12.9. The summed E-state index contributed by atoms with van der Waals surface area (Å²) >= 11 is 1.98. The van der Waals surface area contributed by atoms with E-state index in [9.17, 15) is 5.11 Å². The van der Waals surface area contributed by atoms with Gasteiger partial charge in [0.1, 0.15) is 0 Å². The molecule has 0 aromatic rings. The second-order valence-corrected chi connectivity index (χ2v) is 5.83. The molecule has 2 N–H and O–H groups in total. The van der Waals surface area contributed by atoms with E-state index >= 15 is 0 Å². The van der Waals surface area contributed by atoms with Crippen LogP contribution in [-0.2, 0) is 0 Å². The lowest BCUT2D eigenvalue weighted by Crippen LogP contribution is -2.46. The smallest absolute Gasteiger partial charge is 0.0610 e. The van der Waals surface area contributed by atoms with E-state index in [2.05, 4.69) is 19.2 Å². The zero-order valence-corrected chi connectivity index (χ0v) is 10.2. The lowest BCUT2D eigenvalue weighted by atomic mass is 9.97. The van der Waals surface area contributed by atoms with Crippen molar-refractivity contribution in [3.8, 4) is 0 Å². The van der Waals surface area contributed by atoms with Gasteiger partial charge in [-0.3, -0.25) is 0 Å². The Hall–Kier alpha value is 0.270. The van der Waals surface area contributed by atoms with Gasteiger partial charge in [-0.1, -0.05) is 6.92 Å². The third-order valence-electron chi connectivity index (χ3n) is 2.70. The normalized spacial score (nSPS) is 20.8. The van der Waals surface area contributed by atoms with Gasteiger partial charge >= 0.3 is 0 Å². The van der Waals surface area contributed by atoms with E-state index in [-0.39, 0.29) is 12.1 Å². The highest BCUT2D eigenvalue weighted by atomic mass is 32.2. The first kappa shape index (κ1) is 12.3. The van der Waals surface area contributed by atoms with Gasteiger partial charge in [0.15, 0.2) is 0 Å². The zero-order valence-electron chi connectivity index (χ0n) is 9.38. The highest BCUT2D eigenvalue weighted by Crippen LogP contribution is 2.24. The van der Waals surface area contributed by atoms with Gasteiger partial charge in [-0.2, -0.15) is 11.8 Å². The summed E-state index contributed by atoms with van der Waals surface area (Å²) in [5.41, 5.74) is -0.0323. The molecule has 1 aliphatic carbocycles. The Bertz CT molecular complexity index is 161. The Labute approximate surface area is 91.9 Å². The van der Waals surface area contributed by atoms with Crippen LogP contribution in [0.1, 0.15) is 39.5 Å². The van der Waals surface area contributed by atoms with Crippen molar-refractivity contribution in [1.82, 2.24) is 5.32 Å². The largest absolute Gasteiger partial charge is 0.394 e. The predicted octanol–water partition coefficient (Wildman–Crippen LogP) is 2.02. The van der Waals surface area contributed by atoms with E-state index in [4.69, 9.17) is 0 Å². The fourth-order valence-corrected chi connectivity index (χ4v) is 2.26. The fourth-order valence-electron chi connectivity index (χ4n) is 1.63. The Balaban J connectivity index is 2.14. The Morgan fingerprint density at radius 1 is 1.50 bits per heavy atom. The van der Waals surface area contributed by atoms with Crippen LogP contribution in [0, 0.1) is 0 Å². The Kier molecular flexibility index (Phi) is 5.28. The molecule has 3 heteroatoms. The van der Waals surface area contributed by atoms with Crippen LogP contribution < -0.4 is 5.32 Å². The number of thioether (sulfide) groups is 1. The van der Waals surface area contributed by atoms with Crippen molar-refractivity contribution in [3.63, 3.8) is 0 Å². The van der Waals surface area contributed by atoms with Gasteiger partial charge < -0.3 is 10.4 Å². The SMILES string of the molecule is CCSCCCC(C)(CO)NC1CC1. The van der Waals surface area contributed by atoms with Crippen LogP contribution in [-0.4, -0.2) is 34.8 Å². The van der Waals surface area contributed by atoms with Crippen LogP contribution in [0.2, 0.25) is 0 Å². The first-order valence-corrected chi connectivity index (χ1v) is 6.82. The molecule has 1 fully saturated rings. The molecular weight excluding hydrogens is 194 g/mol. The first-order valence-electron chi connectivity index (χ1n) is 5.66. The fraction of sp³-hybridized carbons (Fsp3) is 1.00. The van der Waals surface area contributed by atoms with Gasteiger partial charge in [0.05, 0.1) is 6.61 Å². The summed E-state index contributed by atoms with van der Waals surface area (Å²) in [6.45, 7) is 4.60. The summed E-state index contributed by atoms with van der Waals surface area (Å²) in [7, 11) is 0. The third kappa shape index (κ3) is 4.67. The highest BCUT2D eigenvalue weighted by molar-refractivity contribution is 7.99. The van der Waals surface area contributed by atoms with Crippen molar-refractivity contribution in [2.24, 2.45) is 0 Å². The molecule has 2 nitrogen and oxygen atoms in total. The van der Waals surface area contributed by atoms with Crippen molar-refractivity contribution in [2.45, 2.75) is 51.1 Å². The minimum Gasteiger partial charge on any atom is -0.394 e. The Morgan fingerprint density at radius 3 is 2.71 bits per heavy atom. The number of hydrogen-bond acceptors (Lipinski definition) is 3. The highest BCUT2D eigenvalue weighted by Gasteiger charge is 2.31. The van der Waals surface area contributed by atoms with Crippen molar-refractivity contribution in [1.29, 1.82) is 0 Å². The number of nitrogens with one attached hydrogen (secondary N) is 1. The van der Waals surface area contributed by atoms with Crippen LogP contribution in [0.3, 0.4) is 0 Å². The standard InChI is InChI=1S/C11H23NOS/c1-3-14-8-4-7-11(2,9-13)12-10-5-6-10/h10,12-13H,3-9H2,1-2H3. The Morgan fingerprint density at radius 2 is 2.21 bits per heavy atom. The number of aliphatic hydroxyl groups is 1. The molecule has 1 saturated carbocycles.